The molecular formula is C10H18N2O2. The molecule has 1 aliphatic heterocycles. The molecule has 1 unspecified atom stereocenters. The molecule has 0 aromatic heterocycles. The Morgan fingerprint density at radius 1 is 1.64 bits per heavy atom. The van der Waals surface area contributed by atoms with Crippen LogP contribution >= 0.6 is 0 Å². The van der Waals surface area contributed by atoms with Gasteiger partial charge in [0, 0.05) is 25.0 Å². The van der Waals surface area contributed by atoms with Gasteiger partial charge in [-0.25, -0.2) is 0 Å². The Balaban J connectivity index is 1.84. The third-order valence-electron chi connectivity index (χ3n) is 2.99. The van der Waals surface area contributed by atoms with Gasteiger partial charge in [0.25, 0.3) is 0 Å². The molecule has 2 aliphatic rings. The van der Waals surface area contributed by atoms with Crippen molar-refractivity contribution >= 4 is 5.91 Å². The van der Waals surface area contributed by atoms with E-state index in [1.165, 1.54) is 0 Å². The lowest BCUT2D eigenvalue weighted by Crippen LogP contribution is -2.46. The molecule has 1 saturated heterocycles. The Kier molecular flexibility index (Phi) is 2.49. The summed E-state index contributed by atoms with van der Waals surface area (Å²) in [7, 11) is 0. The van der Waals surface area contributed by atoms with Crippen molar-refractivity contribution in [2.45, 2.75) is 37.8 Å². The van der Waals surface area contributed by atoms with Gasteiger partial charge in [0.15, 0.2) is 0 Å². The summed E-state index contributed by atoms with van der Waals surface area (Å²) in [4.78, 5) is 13.7. The first-order chi connectivity index (χ1) is 6.59. The van der Waals surface area contributed by atoms with Crippen LogP contribution in [-0.4, -0.2) is 42.1 Å². The minimum Gasteiger partial charge on any atom is -0.375 e. The Morgan fingerprint density at radius 3 is 2.93 bits per heavy atom. The average Bonchev–Trinajstić information content (AvgIpc) is 2.83. The Morgan fingerprint density at radius 2 is 2.36 bits per heavy atom. The fourth-order valence-corrected chi connectivity index (χ4v) is 1.80. The summed E-state index contributed by atoms with van der Waals surface area (Å²) in [6.07, 6.45) is 2.68. The molecule has 1 aliphatic carbocycles. The highest BCUT2D eigenvalue weighted by Crippen LogP contribution is 2.36. The zero-order chi connectivity index (χ0) is 10.2. The van der Waals surface area contributed by atoms with Crippen LogP contribution in [0.2, 0.25) is 0 Å². The quantitative estimate of drug-likeness (QED) is 0.685. The molecule has 0 radical (unpaired) electrons. The number of rotatable bonds is 2. The maximum absolute atomic E-state index is 11.8. The van der Waals surface area contributed by atoms with Crippen molar-refractivity contribution in [2.24, 2.45) is 5.73 Å². The van der Waals surface area contributed by atoms with Crippen molar-refractivity contribution in [3.63, 3.8) is 0 Å². The van der Waals surface area contributed by atoms with Gasteiger partial charge >= 0.3 is 0 Å². The summed E-state index contributed by atoms with van der Waals surface area (Å²) in [5, 5.41) is 0. The van der Waals surface area contributed by atoms with E-state index in [1.807, 2.05) is 11.8 Å². The first kappa shape index (κ1) is 9.93. The van der Waals surface area contributed by atoms with E-state index in [0.717, 1.165) is 25.9 Å². The van der Waals surface area contributed by atoms with Crippen molar-refractivity contribution in [3.8, 4) is 0 Å². The zero-order valence-corrected chi connectivity index (χ0v) is 8.66. The normalized spacial score (nSPS) is 30.1. The monoisotopic (exact) mass is 198 g/mol. The van der Waals surface area contributed by atoms with Gasteiger partial charge in [-0.05, 0) is 19.8 Å². The minimum atomic E-state index is -0.168. The summed E-state index contributed by atoms with van der Waals surface area (Å²) in [5.41, 5.74) is 5.74. The Labute approximate surface area is 84.4 Å². The lowest BCUT2D eigenvalue weighted by atomic mass is 10.1. The molecule has 1 heterocycles. The Hall–Kier alpha value is -0.610. The van der Waals surface area contributed by atoms with Gasteiger partial charge in [-0.1, -0.05) is 0 Å². The number of morpholine rings is 1. The first-order valence-corrected chi connectivity index (χ1v) is 5.27. The van der Waals surface area contributed by atoms with Gasteiger partial charge < -0.3 is 15.4 Å². The zero-order valence-electron chi connectivity index (χ0n) is 8.66. The number of amides is 1. The standard InChI is InChI=1S/C10H18N2O2/c1-8-7-12(4-5-14-8)9(13)6-10(11)2-3-10/h8H,2-7,11H2,1H3. The summed E-state index contributed by atoms with van der Waals surface area (Å²) in [6, 6.07) is 0. The molecule has 0 spiro atoms. The first-order valence-electron chi connectivity index (χ1n) is 5.27. The van der Waals surface area contributed by atoms with Crippen LogP contribution in [0.15, 0.2) is 0 Å². The molecule has 1 atom stereocenters. The number of ether oxygens (including phenoxy) is 1. The number of carbonyl (C=O) groups is 1. The number of hydrogen-bond donors (Lipinski definition) is 1. The van der Waals surface area contributed by atoms with Crippen LogP contribution in [0.25, 0.3) is 0 Å². The smallest absolute Gasteiger partial charge is 0.224 e. The molecule has 0 aromatic carbocycles. The molecule has 1 saturated carbocycles. The number of nitrogens with zero attached hydrogens (tertiary/aromatic N) is 1. The summed E-state index contributed by atoms with van der Waals surface area (Å²) >= 11 is 0. The largest absolute Gasteiger partial charge is 0.375 e. The highest BCUT2D eigenvalue weighted by atomic mass is 16.5. The van der Waals surface area contributed by atoms with E-state index in [-0.39, 0.29) is 17.6 Å². The van der Waals surface area contributed by atoms with Crippen LogP contribution in [0.1, 0.15) is 26.2 Å². The SMILES string of the molecule is CC1CN(C(=O)CC2(N)CC2)CCO1. The lowest BCUT2D eigenvalue weighted by molar-refractivity contribution is -0.138. The van der Waals surface area contributed by atoms with Crippen LogP contribution in [0.4, 0.5) is 0 Å². The highest BCUT2D eigenvalue weighted by molar-refractivity contribution is 5.78. The fourth-order valence-electron chi connectivity index (χ4n) is 1.80. The van der Waals surface area contributed by atoms with Crippen molar-refractivity contribution < 1.29 is 9.53 Å². The minimum absolute atomic E-state index is 0.167. The van der Waals surface area contributed by atoms with Crippen LogP contribution in [-0.2, 0) is 9.53 Å². The number of carbonyl (C=O) groups excluding carboxylic acids is 1. The predicted octanol–water partition coefficient (Wildman–Crippen LogP) is 0.115. The average molecular weight is 198 g/mol. The highest BCUT2D eigenvalue weighted by Gasteiger charge is 2.41. The van der Waals surface area contributed by atoms with E-state index >= 15 is 0 Å². The second-order valence-corrected chi connectivity index (χ2v) is 4.56. The molecule has 0 aromatic rings. The van der Waals surface area contributed by atoms with Gasteiger partial charge in [0.2, 0.25) is 5.91 Å². The molecule has 0 bridgehead atoms. The third-order valence-corrected chi connectivity index (χ3v) is 2.99. The summed E-state index contributed by atoms with van der Waals surface area (Å²) in [5.74, 6) is 0.195. The van der Waals surface area contributed by atoms with Crippen molar-refractivity contribution in [1.29, 1.82) is 0 Å². The van der Waals surface area contributed by atoms with Crippen molar-refractivity contribution in [2.75, 3.05) is 19.7 Å². The third kappa shape index (κ3) is 2.25. The van der Waals surface area contributed by atoms with E-state index in [2.05, 4.69) is 0 Å². The van der Waals surface area contributed by atoms with Gasteiger partial charge in [-0.15, -0.1) is 0 Å². The molecule has 2 fully saturated rings. The predicted molar refractivity (Wildman–Crippen MR) is 52.8 cm³/mol. The molecule has 4 nitrogen and oxygen atoms in total. The molecule has 4 heteroatoms. The van der Waals surface area contributed by atoms with E-state index in [0.29, 0.717) is 13.0 Å². The van der Waals surface area contributed by atoms with Crippen molar-refractivity contribution in [3.05, 3.63) is 0 Å². The maximum atomic E-state index is 11.8. The molecule has 14 heavy (non-hydrogen) atoms. The van der Waals surface area contributed by atoms with Crippen LogP contribution in [0.5, 0.6) is 0 Å². The number of hydrogen-bond acceptors (Lipinski definition) is 3. The topological polar surface area (TPSA) is 55.6 Å². The number of nitrogens with two attached hydrogens (primary N) is 1. The lowest BCUT2D eigenvalue weighted by Gasteiger charge is -2.31. The van der Waals surface area contributed by atoms with Crippen LogP contribution in [0.3, 0.4) is 0 Å². The van der Waals surface area contributed by atoms with Crippen LogP contribution < -0.4 is 5.73 Å². The molecule has 80 valence electrons. The van der Waals surface area contributed by atoms with Gasteiger partial charge in [-0.2, -0.15) is 0 Å². The van der Waals surface area contributed by atoms with Crippen LogP contribution in [0, 0.1) is 0 Å². The second kappa shape index (κ2) is 3.51. The molecule has 1 amide bonds. The van der Waals surface area contributed by atoms with E-state index in [9.17, 15) is 4.79 Å². The Bertz CT molecular complexity index is 238. The molecule has 2 rings (SSSR count). The second-order valence-electron chi connectivity index (χ2n) is 4.56. The van der Waals surface area contributed by atoms with Gasteiger partial charge in [0.1, 0.15) is 0 Å². The van der Waals surface area contributed by atoms with Gasteiger partial charge in [-0.3, -0.25) is 4.79 Å². The summed E-state index contributed by atoms with van der Waals surface area (Å²) < 4.78 is 5.38. The maximum Gasteiger partial charge on any atom is 0.224 e. The summed E-state index contributed by atoms with van der Waals surface area (Å²) in [6.45, 7) is 4.09. The van der Waals surface area contributed by atoms with Gasteiger partial charge in [0.05, 0.1) is 12.7 Å². The fraction of sp³-hybridized carbons (Fsp3) is 0.900. The van der Waals surface area contributed by atoms with E-state index < -0.39 is 0 Å². The van der Waals surface area contributed by atoms with Crippen molar-refractivity contribution in [1.82, 2.24) is 4.90 Å². The van der Waals surface area contributed by atoms with E-state index in [4.69, 9.17) is 10.5 Å². The van der Waals surface area contributed by atoms with E-state index in [1.54, 1.807) is 0 Å². The molecular weight excluding hydrogens is 180 g/mol. The molecule has 2 N–H and O–H groups in total.